The second kappa shape index (κ2) is 22.9. The van der Waals surface area contributed by atoms with E-state index in [0.717, 1.165) is 33.4 Å². The number of ketones is 2. The molecule has 2 fully saturated rings. The molecule has 4 N–H and O–H groups in total. The SMILES string of the molecule is CCOC1C(=O)C(=O)C1N1CCN(CC(=O)O)CCN([C@H](CCCOP(=O)(O)Oc2cc(C)c(-c3c(C)cc(C)cc3C)cc2C)C(=O)O)CCN(CC(=O)O)CC1.[Gd+3]. The fourth-order valence-corrected chi connectivity index (χ4v) is 8.68. The summed E-state index contributed by atoms with van der Waals surface area (Å²) in [6.07, 6.45) is -0.933. The van der Waals surface area contributed by atoms with Gasteiger partial charge in [-0.25, -0.2) is 4.57 Å². The van der Waals surface area contributed by atoms with Crippen molar-refractivity contribution in [2.24, 2.45) is 0 Å². The van der Waals surface area contributed by atoms with E-state index >= 15 is 0 Å². The minimum atomic E-state index is -4.63. The van der Waals surface area contributed by atoms with Gasteiger partial charge in [-0.15, -0.1) is 0 Å². The summed E-state index contributed by atoms with van der Waals surface area (Å²) in [6.45, 7) is 11.7. The molecule has 0 amide bonds. The van der Waals surface area contributed by atoms with Gasteiger partial charge in [0.1, 0.15) is 23.9 Å². The number of rotatable bonds is 17. The third-order valence-corrected chi connectivity index (χ3v) is 11.5. The first-order valence-electron chi connectivity index (χ1n) is 19.5. The van der Waals surface area contributed by atoms with Crippen molar-refractivity contribution < 1.29 is 102 Å². The fourth-order valence-electron chi connectivity index (χ4n) is 7.82. The Hall–Kier alpha value is -2.74. The predicted molar refractivity (Wildman–Crippen MR) is 213 cm³/mol. The van der Waals surface area contributed by atoms with Crippen LogP contribution in [0, 0.1) is 74.6 Å². The van der Waals surface area contributed by atoms with E-state index in [1.165, 1.54) is 0 Å². The smallest absolute Gasteiger partial charge is 0.480 e. The van der Waals surface area contributed by atoms with E-state index in [1.54, 1.807) is 39.5 Å². The zero-order valence-corrected chi connectivity index (χ0v) is 37.7. The number of nitrogens with zero attached hydrogens (tertiary/aromatic N) is 4. The zero-order chi connectivity index (χ0) is 42.9. The van der Waals surface area contributed by atoms with Crippen LogP contribution in [0.2, 0.25) is 0 Å². The van der Waals surface area contributed by atoms with E-state index in [4.69, 9.17) is 13.8 Å². The van der Waals surface area contributed by atoms with Gasteiger partial charge in [0.15, 0.2) is 0 Å². The van der Waals surface area contributed by atoms with E-state index < -0.39 is 55.5 Å². The Balaban J connectivity index is 0.00000930. The van der Waals surface area contributed by atoms with Crippen LogP contribution in [0.4, 0.5) is 0 Å². The number of phosphoric ester groups is 1. The van der Waals surface area contributed by atoms with Crippen LogP contribution in [0.3, 0.4) is 0 Å². The van der Waals surface area contributed by atoms with Crippen molar-refractivity contribution in [2.75, 3.05) is 78.7 Å². The molecule has 1 aliphatic heterocycles. The van der Waals surface area contributed by atoms with Crippen LogP contribution in [-0.2, 0) is 37.8 Å². The largest absolute Gasteiger partial charge is 3.00 e. The summed E-state index contributed by atoms with van der Waals surface area (Å²) in [7, 11) is -4.63. The third kappa shape index (κ3) is 14.2. The molecule has 1 heterocycles. The maximum absolute atomic E-state index is 13.1. The molecule has 2 aliphatic rings. The molecule has 0 spiro atoms. The van der Waals surface area contributed by atoms with Crippen LogP contribution in [0.25, 0.3) is 11.1 Å². The van der Waals surface area contributed by atoms with Crippen LogP contribution < -0.4 is 4.52 Å². The van der Waals surface area contributed by atoms with Crippen molar-refractivity contribution in [1.82, 2.24) is 19.6 Å². The molecule has 2 aromatic carbocycles. The van der Waals surface area contributed by atoms with E-state index in [2.05, 4.69) is 12.1 Å². The minimum Gasteiger partial charge on any atom is -0.480 e. The monoisotopic (exact) mass is 990 g/mol. The molecular formula is C40H57GdN4O13P+3. The first-order valence-corrected chi connectivity index (χ1v) is 21.0. The topological polar surface area (TPSA) is 224 Å². The normalized spacial score (nSPS) is 20.7. The van der Waals surface area contributed by atoms with Crippen LogP contribution in [0.5, 0.6) is 5.75 Å². The van der Waals surface area contributed by atoms with Gasteiger partial charge in [0.05, 0.1) is 19.7 Å². The summed E-state index contributed by atoms with van der Waals surface area (Å²) in [5.74, 6) is -4.49. The summed E-state index contributed by atoms with van der Waals surface area (Å²) in [6, 6.07) is 5.80. The Kier molecular flexibility index (Phi) is 19.7. The average Bonchev–Trinajstić information content (AvgIpc) is 3.12. The van der Waals surface area contributed by atoms with Crippen LogP contribution in [-0.4, -0.2) is 166 Å². The van der Waals surface area contributed by atoms with Crippen molar-refractivity contribution in [3.8, 4) is 16.9 Å². The van der Waals surface area contributed by atoms with Crippen molar-refractivity contribution in [1.29, 1.82) is 0 Å². The van der Waals surface area contributed by atoms with Crippen molar-refractivity contribution in [3.05, 3.63) is 52.1 Å². The predicted octanol–water partition coefficient (Wildman–Crippen LogP) is 2.94. The van der Waals surface area contributed by atoms with Crippen molar-refractivity contribution in [2.45, 2.75) is 72.6 Å². The Morgan fingerprint density at radius 3 is 1.83 bits per heavy atom. The van der Waals surface area contributed by atoms with Gasteiger partial charge in [-0.1, -0.05) is 17.7 Å². The zero-order valence-electron chi connectivity index (χ0n) is 34.5. The van der Waals surface area contributed by atoms with Gasteiger partial charge in [0.2, 0.25) is 11.6 Å². The van der Waals surface area contributed by atoms with Gasteiger partial charge < -0.3 is 24.6 Å². The van der Waals surface area contributed by atoms with Crippen molar-refractivity contribution in [3.63, 3.8) is 0 Å². The molecule has 3 unspecified atom stereocenters. The average molecular weight is 990 g/mol. The number of carboxylic acid groups (broad SMARTS) is 3. The van der Waals surface area contributed by atoms with Crippen LogP contribution in [0.15, 0.2) is 24.3 Å². The summed E-state index contributed by atoms with van der Waals surface area (Å²) in [5, 5.41) is 29.7. The van der Waals surface area contributed by atoms with E-state index in [1.807, 2.05) is 33.8 Å². The number of carbonyl (C=O) groups is 5. The maximum Gasteiger partial charge on any atom is 3.00 e. The van der Waals surface area contributed by atoms with E-state index in [9.17, 15) is 48.8 Å². The van der Waals surface area contributed by atoms with Crippen molar-refractivity contribution >= 4 is 37.3 Å². The van der Waals surface area contributed by atoms with Crippen LogP contribution >= 0.6 is 7.82 Å². The van der Waals surface area contributed by atoms with Gasteiger partial charge >= 0.3 is 65.7 Å². The second-order valence-electron chi connectivity index (χ2n) is 15.1. The molecule has 17 nitrogen and oxygen atoms in total. The molecule has 0 bridgehead atoms. The Bertz CT molecular complexity index is 1840. The standard InChI is InChI=1S/C40H57N4O13P.Gd/c1-7-55-39-36(37(49)38(39)50)44-16-12-41(23-33(45)46)10-14-43(15-11-42(13-17-44)24-34(47)48)31(40(51)52)9-8-18-56-58(53,54)57-32-22-26(3)30(21-27(32)4)35-28(5)19-25(2)20-29(35)6;/h19-22,31,36,39H,7-18,23-24H2,1-6H3,(H,45,46)(H,47,48)(H,51,52)(H,53,54);/q;+3/t31-,36?,39?;/m1./s1. The quantitative estimate of drug-likeness (QED) is 0.102. The van der Waals surface area contributed by atoms with E-state index in [-0.39, 0.29) is 137 Å². The summed E-state index contributed by atoms with van der Waals surface area (Å²) in [5.41, 5.74) is 6.90. The maximum atomic E-state index is 13.1. The number of hydrogen-bond acceptors (Lipinski definition) is 13. The molecule has 4 atom stereocenters. The van der Waals surface area contributed by atoms with Gasteiger partial charge in [-0.05, 0) is 99.9 Å². The van der Waals surface area contributed by atoms with E-state index in [0.29, 0.717) is 5.56 Å². The molecule has 2 aromatic rings. The van der Waals surface area contributed by atoms with Gasteiger partial charge in [0.25, 0.3) is 0 Å². The molecule has 1 saturated heterocycles. The number of Topliss-reactive ketones (excluding diaryl/α,β-unsaturated/α-hetero) is 2. The molecule has 59 heavy (non-hydrogen) atoms. The number of hydrogen-bond donors (Lipinski definition) is 4. The third-order valence-electron chi connectivity index (χ3n) is 10.6. The van der Waals surface area contributed by atoms with Gasteiger partial charge in [-0.3, -0.25) is 53.0 Å². The number of carboxylic acids is 3. The number of aliphatic carboxylic acids is 3. The van der Waals surface area contributed by atoms with Gasteiger partial charge in [0, 0.05) is 59.0 Å². The molecule has 19 heteroatoms. The van der Waals surface area contributed by atoms with Crippen LogP contribution in [0.1, 0.15) is 47.6 Å². The molecule has 4 rings (SSSR count). The molecule has 0 aromatic heterocycles. The number of carbonyl (C=O) groups excluding carboxylic acids is 2. The fraction of sp³-hybridized carbons (Fsp3) is 0.575. The summed E-state index contributed by atoms with van der Waals surface area (Å²) < 4.78 is 29.4. The number of aryl methyl sites for hydroxylation is 5. The van der Waals surface area contributed by atoms with Gasteiger partial charge in [-0.2, -0.15) is 0 Å². The number of benzene rings is 2. The first-order chi connectivity index (χ1) is 27.3. The number of ether oxygens (including phenoxy) is 1. The molecule has 1 aliphatic carbocycles. The summed E-state index contributed by atoms with van der Waals surface area (Å²) >= 11 is 0. The molecule has 1 saturated carbocycles. The molecule has 325 valence electrons. The Morgan fingerprint density at radius 1 is 0.780 bits per heavy atom. The molecular weight excluding hydrogens is 933 g/mol. The second-order valence-corrected chi connectivity index (χ2v) is 16.4. The molecule has 1 radical (unpaired) electrons. The minimum absolute atomic E-state index is 0. The first kappa shape index (κ1) is 50.6. The number of phosphoric acid groups is 1. The Morgan fingerprint density at radius 2 is 1.32 bits per heavy atom. The Labute approximate surface area is 377 Å². The summed E-state index contributed by atoms with van der Waals surface area (Å²) in [4.78, 5) is 78.6.